The number of rotatable bonds is 5. The van der Waals surface area contributed by atoms with Crippen molar-refractivity contribution in [1.29, 1.82) is 0 Å². The molecule has 2 heterocycles. The van der Waals surface area contributed by atoms with E-state index >= 15 is 0 Å². The SMILES string of the molecule is O=C(OC[C@@H]1O[C@H](n2ccc(=O)n(C(=O)c3ccc(F)cc3)c2=O)[C@@H](O)[C@@H]1O)c1ccc(F)cc1. The maximum atomic E-state index is 13.2. The molecule has 4 rings (SSSR count). The number of ether oxygens (including phenoxy) is 2. The van der Waals surface area contributed by atoms with E-state index in [9.17, 15) is 38.2 Å². The molecular formula is C23H18F2N2O8. The van der Waals surface area contributed by atoms with Crippen LogP contribution in [-0.4, -0.2) is 56.1 Å². The van der Waals surface area contributed by atoms with Gasteiger partial charge in [-0.2, -0.15) is 4.57 Å². The zero-order valence-electron chi connectivity index (χ0n) is 17.8. The molecule has 0 radical (unpaired) electrons. The van der Waals surface area contributed by atoms with E-state index in [0.717, 1.165) is 53.2 Å². The minimum Gasteiger partial charge on any atom is -0.459 e. The van der Waals surface area contributed by atoms with Gasteiger partial charge in [0.15, 0.2) is 6.23 Å². The van der Waals surface area contributed by atoms with Crippen LogP contribution in [0.4, 0.5) is 8.78 Å². The number of aromatic nitrogens is 2. The summed E-state index contributed by atoms with van der Waals surface area (Å²) in [5.41, 5.74) is -2.24. The van der Waals surface area contributed by atoms with Crippen molar-refractivity contribution >= 4 is 11.9 Å². The molecule has 35 heavy (non-hydrogen) atoms. The summed E-state index contributed by atoms with van der Waals surface area (Å²) in [6, 6.07) is 9.55. The zero-order chi connectivity index (χ0) is 25.3. The Balaban J connectivity index is 1.54. The third-order valence-electron chi connectivity index (χ3n) is 5.37. The van der Waals surface area contributed by atoms with Crippen LogP contribution in [0.3, 0.4) is 0 Å². The monoisotopic (exact) mass is 488 g/mol. The highest BCUT2D eigenvalue weighted by atomic mass is 19.1. The number of nitrogens with zero attached hydrogens (tertiary/aromatic N) is 2. The molecule has 182 valence electrons. The Morgan fingerprint density at radius 1 is 0.886 bits per heavy atom. The number of hydrogen-bond donors (Lipinski definition) is 2. The fourth-order valence-corrected chi connectivity index (χ4v) is 3.52. The summed E-state index contributed by atoms with van der Waals surface area (Å²) in [6.07, 6.45) is -5.10. The Hall–Kier alpha value is -4.00. The van der Waals surface area contributed by atoms with Crippen molar-refractivity contribution in [3.05, 3.63) is 104 Å². The normalized spacial score (nSPS) is 21.6. The van der Waals surface area contributed by atoms with Gasteiger partial charge in [-0.15, -0.1) is 0 Å². The average molecular weight is 488 g/mol. The van der Waals surface area contributed by atoms with E-state index in [0.29, 0.717) is 0 Å². The number of aliphatic hydroxyl groups excluding tert-OH is 2. The van der Waals surface area contributed by atoms with Crippen LogP contribution in [0.1, 0.15) is 26.9 Å². The van der Waals surface area contributed by atoms with Gasteiger partial charge < -0.3 is 19.7 Å². The van der Waals surface area contributed by atoms with Gasteiger partial charge in [0.2, 0.25) is 0 Å². The molecule has 1 saturated heterocycles. The van der Waals surface area contributed by atoms with Crippen molar-refractivity contribution in [1.82, 2.24) is 9.13 Å². The van der Waals surface area contributed by atoms with Crippen molar-refractivity contribution in [2.75, 3.05) is 6.61 Å². The quantitative estimate of drug-likeness (QED) is 0.494. The second-order valence-electron chi connectivity index (χ2n) is 7.64. The predicted molar refractivity (Wildman–Crippen MR) is 114 cm³/mol. The Kier molecular flexibility index (Phi) is 6.69. The maximum absolute atomic E-state index is 13.2. The molecule has 1 fully saturated rings. The van der Waals surface area contributed by atoms with E-state index < -0.39 is 65.9 Å². The van der Waals surface area contributed by atoms with Crippen molar-refractivity contribution in [2.24, 2.45) is 0 Å². The largest absolute Gasteiger partial charge is 0.459 e. The summed E-state index contributed by atoms with van der Waals surface area (Å²) in [5, 5.41) is 20.8. The number of hydrogen-bond acceptors (Lipinski definition) is 8. The highest BCUT2D eigenvalue weighted by molar-refractivity contribution is 5.95. The van der Waals surface area contributed by atoms with Crippen LogP contribution < -0.4 is 11.2 Å². The van der Waals surface area contributed by atoms with Gasteiger partial charge >= 0.3 is 11.7 Å². The molecule has 12 heteroatoms. The topological polar surface area (TPSA) is 137 Å². The number of carbonyl (C=O) groups is 2. The Labute approximate surface area is 195 Å². The standard InChI is InChI=1S/C23H18F2N2O8/c24-14-5-1-12(2-6-14)20(31)27-17(28)9-10-26(23(27)33)21-19(30)18(29)16(35-21)11-34-22(32)13-3-7-15(25)8-4-13/h1-10,16,18-19,21,29-30H,11H2/t16-,18+,19-,21-/m0/s1. The first kappa shape index (κ1) is 24.1. The van der Waals surface area contributed by atoms with Gasteiger partial charge in [0.1, 0.15) is 36.6 Å². The van der Waals surface area contributed by atoms with E-state index in [-0.39, 0.29) is 15.7 Å². The first-order chi connectivity index (χ1) is 16.7. The van der Waals surface area contributed by atoms with Gasteiger partial charge in [0.25, 0.3) is 11.5 Å². The van der Waals surface area contributed by atoms with Crippen LogP contribution in [0.5, 0.6) is 0 Å². The van der Waals surface area contributed by atoms with Crippen molar-refractivity contribution in [3.8, 4) is 0 Å². The third kappa shape index (κ3) is 4.80. The summed E-state index contributed by atoms with van der Waals surface area (Å²) in [4.78, 5) is 50.0. The Morgan fingerprint density at radius 2 is 1.46 bits per heavy atom. The van der Waals surface area contributed by atoms with E-state index in [2.05, 4.69) is 0 Å². The van der Waals surface area contributed by atoms with Crippen LogP contribution in [0.25, 0.3) is 0 Å². The molecule has 2 aromatic carbocycles. The zero-order valence-corrected chi connectivity index (χ0v) is 17.8. The Morgan fingerprint density at radius 3 is 2.06 bits per heavy atom. The fraction of sp³-hybridized carbons (Fsp3) is 0.217. The average Bonchev–Trinajstić information content (AvgIpc) is 3.12. The molecule has 0 bridgehead atoms. The lowest BCUT2D eigenvalue weighted by Gasteiger charge is -2.18. The number of aliphatic hydroxyl groups is 2. The lowest BCUT2D eigenvalue weighted by Crippen LogP contribution is -2.46. The highest BCUT2D eigenvalue weighted by Crippen LogP contribution is 2.28. The van der Waals surface area contributed by atoms with E-state index in [1.54, 1.807) is 0 Å². The summed E-state index contributed by atoms with van der Waals surface area (Å²) < 4.78 is 37.7. The van der Waals surface area contributed by atoms with Crippen molar-refractivity contribution in [2.45, 2.75) is 24.5 Å². The van der Waals surface area contributed by atoms with Gasteiger partial charge in [-0.3, -0.25) is 14.2 Å². The molecule has 0 spiro atoms. The smallest absolute Gasteiger partial charge is 0.340 e. The highest BCUT2D eigenvalue weighted by Gasteiger charge is 2.45. The van der Waals surface area contributed by atoms with E-state index in [1.165, 1.54) is 12.1 Å². The number of carbonyl (C=O) groups excluding carboxylic acids is 2. The van der Waals surface area contributed by atoms with Crippen molar-refractivity contribution < 1.29 is 38.1 Å². The first-order valence-electron chi connectivity index (χ1n) is 10.3. The van der Waals surface area contributed by atoms with Crippen LogP contribution in [0, 0.1) is 11.6 Å². The van der Waals surface area contributed by atoms with Gasteiger partial charge in [0.05, 0.1) is 5.56 Å². The van der Waals surface area contributed by atoms with Crippen molar-refractivity contribution in [3.63, 3.8) is 0 Å². The molecule has 4 atom stereocenters. The number of esters is 1. The summed E-state index contributed by atoms with van der Waals surface area (Å²) >= 11 is 0. The van der Waals surface area contributed by atoms with Gasteiger partial charge in [-0.25, -0.2) is 18.4 Å². The van der Waals surface area contributed by atoms with Crippen LogP contribution in [-0.2, 0) is 9.47 Å². The third-order valence-corrected chi connectivity index (χ3v) is 5.37. The molecule has 1 aliphatic rings. The van der Waals surface area contributed by atoms with Gasteiger partial charge in [0, 0.05) is 17.8 Å². The van der Waals surface area contributed by atoms with E-state index in [4.69, 9.17) is 9.47 Å². The molecule has 0 unspecified atom stereocenters. The predicted octanol–water partition coefficient (Wildman–Crippen LogP) is 0.453. The second-order valence-corrected chi connectivity index (χ2v) is 7.64. The molecule has 2 N–H and O–H groups in total. The number of benzene rings is 2. The Bertz CT molecular complexity index is 1370. The minimum absolute atomic E-state index is 0.0404. The molecule has 0 aliphatic carbocycles. The molecule has 1 aliphatic heterocycles. The minimum atomic E-state index is -1.69. The second kappa shape index (κ2) is 9.70. The molecule has 3 aromatic rings. The molecule has 10 nitrogen and oxygen atoms in total. The lowest BCUT2D eigenvalue weighted by molar-refractivity contribution is -0.0602. The molecule has 0 amide bonds. The number of halogens is 2. The van der Waals surface area contributed by atoms with Gasteiger partial charge in [-0.1, -0.05) is 0 Å². The van der Waals surface area contributed by atoms with Gasteiger partial charge in [-0.05, 0) is 48.5 Å². The lowest BCUT2D eigenvalue weighted by atomic mass is 10.1. The maximum Gasteiger partial charge on any atom is 0.340 e. The molecular weight excluding hydrogens is 470 g/mol. The summed E-state index contributed by atoms with van der Waals surface area (Å²) in [6.45, 7) is -0.520. The summed E-state index contributed by atoms with van der Waals surface area (Å²) in [5.74, 6) is -3.05. The van der Waals surface area contributed by atoms with E-state index in [1.807, 2.05) is 0 Å². The first-order valence-corrected chi connectivity index (χ1v) is 10.3. The molecule has 1 aromatic heterocycles. The van der Waals surface area contributed by atoms with Crippen LogP contribution in [0.15, 0.2) is 70.4 Å². The van der Waals surface area contributed by atoms with Crippen LogP contribution in [0.2, 0.25) is 0 Å². The van der Waals surface area contributed by atoms with Crippen LogP contribution >= 0.6 is 0 Å². The summed E-state index contributed by atoms with van der Waals surface area (Å²) in [7, 11) is 0. The molecule has 0 saturated carbocycles. The fourth-order valence-electron chi connectivity index (χ4n) is 3.52.